The van der Waals surface area contributed by atoms with E-state index in [-0.39, 0.29) is 18.9 Å². The predicted octanol–water partition coefficient (Wildman–Crippen LogP) is 7.77. The van der Waals surface area contributed by atoms with Gasteiger partial charge in [0.1, 0.15) is 23.0 Å². The first kappa shape index (κ1) is 34.0. The number of benzene rings is 4. The summed E-state index contributed by atoms with van der Waals surface area (Å²) < 4.78 is 76.2. The molecule has 0 aliphatic rings. The lowest BCUT2D eigenvalue weighted by Gasteiger charge is -2.19. The number of rotatable bonds is 16. The number of hydrogen-bond donors (Lipinski definition) is 1. The molecule has 10 nitrogen and oxygen atoms in total. The van der Waals surface area contributed by atoms with Crippen molar-refractivity contribution >= 4 is 40.0 Å². The molecule has 0 atom stereocenters. The molecule has 4 rings (SSSR count). The average molecular weight is 672 g/mol. The average Bonchev–Trinajstić information content (AvgIpc) is 3.06. The lowest BCUT2D eigenvalue weighted by molar-refractivity contribution is 0.206. The number of methoxy groups -OCH3 is 4. The molecular weight excluding hydrogens is 637 g/mol. The molecule has 238 valence electrons. The third-order valence-corrected chi connectivity index (χ3v) is 10.8. The lowest BCUT2D eigenvalue weighted by atomic mass is 10.1. The monoisotopic (exact) mass is 671 g/mol. The van der Waals surface area contributed by atoms with Crippen LogP contribution < -0.4 is 23.7 Å². The standard InChI is InChI=1S/C32H34NO9PS2/c1-37-27-20-30(39-3)28(31(21-27)40-4)17-18-45(35,36)33-26-15-16-29(38-2)32(19-26)44-43(34,41-22-24-11-7-5-8-12-24)42-23-25-13-9-6-10-14-25/h5-21,33H,22-23H2,1-4H3. The number of ether oxygens (including phenoxy) is 4. The van der Waals surface area contributed by atoms with Crippen molar-refractivity contribution in [1.82, 2.24) is 0 Å². The summed E-state index contributed by atoms with van der Waals surface area (Å²) in [4.78, 5) is 0.352. The molecule has 0 aromatic heterocycles. The van der Waals surface area contributed by atoms with Crippen LogP contribution in [-0.2, 0) is 36.8 Å². The van der Waals surface area contributed by atoms with Gasteiger partial charge in [-0.1, -0.05) is 60.7 Å². The molecule has 0 heterocycles. The van der Waals surface area contributed by atoms with Crippen LogP contribution in [0.3, 0.4) is 0 Å². The van der Waals surface area contributed by atoms with Crippen molar-refractivity contribution in [2.75, 3.05) is 33.2 Å². The summed E-state index contributed by atoms with van der Waals surface area (Å²) in [5.74, 6) is 1.58. The molecule has 0 unspecified atom stereocenters. The van der Waals surface area contributed by atoms with Gasteiger partial charge in [0.25, 0.3) is 10.0 Å². The molecule has 4 aromatic carbocycles. The van der Waals surface area contributed by atoms with Crippen LogP contribution in [0.4, 0.5) is 5.69 Å². The van der Waals surface area contributed by atoms with E-state index in [4.69, 9.17) is 28.0 Å². The van der Waals surface area contributed by atoms with Gasteiger partial charge in [-0.2, -0.15) is 0 Å². The third-order valence-electron chi connectivity index (χ3n) is 6.27. The van der Waals surface area contributed by atoms with E-state index in [2.05, 4.69) is 4.72 Å². The van der Waals surface area contributed by atoms with Gasteiger partial charge in [0.05, 0.1) is 63.2 Å². The van der Waals surface area contributed by atoms with E-state index in [9.17, 15) is 13.0 Å². The molecule has 4 aromatic rings. The second kappa shape index (κ2) is 15.9. The number of nitrogens with one attached hydrogen (secondary N) is 1. The first-order valence-corrected chi connectivity index (χ1v) is 18.0. The minimum atomic E-state index is -4.03. The first-order valence-electron chi connectivity index (χ1n) is 13.5. The largest absolute Gasteiger partial charge is 0.496 e. The van der Waals surface area contributed by atoms with E-state index in [0.717, 1.165) is 27.9 Å². The molecule has 1 N–H and O–H groups in total. The van der Waals surface area contributed by atoms with Crippen molar-refractivity contribution in [2.24, 2.45) is 0 Å². The van der Waals surface area contributed by atoms with Gasteiger partial charge in [-0.05, 0) is 46.8 Å². The van der Waals surface area contributed by atoms with Crippen LogP contribution in [0.25, 0.3) is 6.08 Å². The molecule has 0 saturated heterocycles. The Labute approximate surface area is 267 Å². The smallest absolute Gasteiger partial charge is 0.394 e. The fourth-order valence-electron chi connectivity index (χ4n) is 4.03. The van der Waals surface area contributed by atoms with Gasteiger partial charge in [-0.3, -0.25) is 13.8 Å². The maximum Gasteiger partial charge on any atom is 0.394 e. The van der Waals surface area contributed by atoms with Gasteiger partial charge < -0.3 is 18.9 Å². The molecule has 0 amide bonds. The molecule has 13 heteroatoms. The van der Waals surface area contributed by atoms with Crippen molar-refractivity contribution in [3.05, 3.63) is 113 Å². The van der Waals surface area contributed by atoms with Gasteiger partial charge in [0, 0.05) is 12.1 Å². The zero-order valence-corrected chi connectivity index (χ0v) is 27.7. The predicted molar refractivity (Wildman–Crippen MR) is 177 cm³/mol. The zero-order chi connectivity index (χ0) is 32.3. The van der Waals surface area contributed by atoms with E-state index >= 15 is 0 Å². The van der Waals surface area contributed by atoms with Crippen molar-refractivity contribution in [3.63, 3.8) is 0 Å². The van der Waals surface area contributed by atoms with Crippen LogP contribution in [0.5, 0.6) is 23.0 Å². The second-order valence-electron chi connectivity index (χ2n) is 9.32. The van der Waals surface area contributed by atoms with Gasteiger partial charge in [-0.25, -0.2) is 13.0 Å². The molecule has 0 radical (unpaired) electrons. The highest BCUT2D eigenvalue weighted by Crippen LogP contribution is 2.66. The fourth-order valence-corrected chi connectivity index (χ4v) is 8.11. The van der Waals surface area contributed by atoms with Crippen LogP contribution in [0.15, 0.2) is 101 Å². The topological polar surface area (TPSA) is 119 Å². The number of hydrogen-bond acceptors (Lipinski definition) is 10. The Bertz CT molecular complexity index is 1680. The van der Waals surface area contributed by atoms with Crippen LogP contribution in [-0.4, -0.2) is 36.9 Å². The summed E-state index contributed by atoms with van der Waals surface area (Å²) in [6.07, 6.45) is 1.36. The molecule has 0 aliphatic carbocycles. The minimum Gasteiger partial charge on any atom is -0.496 e. The molecule has 0 spiro atoms. The molecule has 0 fully saturated rings. The Morgan fingerprint density at radius 3 is 1.73 bits per heavy atom. The third kappa shape index (κ3) is 9.78. The van der Waals surface area contributed by atoms with E-state index < -0.39 is 16.8 Å². The van der Waals surface area contributed by atoms with Crippen LogP contribution in [0.2, 0.25) is 0 Å². The fraction of sp³-hybridized carbons (Fsp3) is 0.188. The molecule has 0 aliphatic heterocycles. The molecule has 0 bridgehead atoms. The summed E-state index contributed by atoms with van der Waals surface area (Å²) in [6.45, 7) is -3.78. The Kier molecular flexibility index (Phi) is 12.0. The Morgan fingerprint density at radius 1 is 0.711 bits per heavy atom. The first-order chi connectivity index (χ1) is 21.7. The SMILES string of the molecule is COc1cc(OC)c(C=CS(=O)(=O)Nc2ccc(OC)c(SP(=O)(OCc3ccccc3)OCc3ccccc3)c2)c(OC)c1. The van der Waals surface area contributed by atoms with E-state index in [1.54, 1.807) is 18.2 Å². The van der Waals surface area contributed by atoms with Gasteiger partial charge in [0.15, 0.2) is 0 Å². The zero-order valence-electron chi connectivity index (χ0n) is 25.2. The molecule has 0 saturated carbocycles. The van der Waals surface area contributed by atoms with Crippen LogP contribution in [0, 0.1) is 0 Å². The van der Waals surface area contributed by atoms with Crippen LogP contribution >= 0.6 is 18.2 Å². The summed E-state index contributed by atoms with van der Waals surface area (Å²) >= 11 is 0.833. The van der Waals surface area contributed by atoms with Crippen molar-refractivity contribution in [1.29, 1.82) is 0 Å². The maximum atomic E-state index is 14.1. The van der Waals surface area contributed by atoms with E-state index in [1.165, 1.54) is 46.6 Å². The molecular formula is C32H34NO9PS2. The summed E-state index contributed by atoms with van der Waals surface area (Å²) in [7, 11) is 1.86. The highest BCUT2D eigenvalue weighted by atomic mass is 32.7. The Balaban J connectivity index is 1.58. The Hall–Kier alpha value is -3.93. The normalized spacial score (nSPS) is 11.7. The van der Waals surface area contributed by atoms with E-state index in [0.29, 0.717) is 33.5 Å². The summed E-state index contributed by atoms with van der Waals surface area (Å²) in [5, 5.41) is 0.994. The van der Waals surface area contributed by atoms with Gasteiger partial charge >= 0.3 is 6.80 Å². The van der Waals surface area contributed by atoms with E-state index in [1.807, 2.05) is 60.7 Å². The second-order valence-corrected chi connectivity index (χ2v) is 14.8. The highest BCUT2D eigenvalue weighted by Gasteiger charge is 2.29. The van der Waals surface area contributed by atoms with Crippen molar-refractivity contribution < 1.29 is 41.0 Å². The minimum absolute atomic E-state index is 0.0393. The number of sulfonamides is 1. The van der Waals surface area contributed by atoms with Crippen molar-refractivity contribution in [3.8, 4) is 23.0 Å². The number of anilines is 1. The maximum absolute atomic E-state index is 14.1. The quantitative estimate of drug-likeness (QED) is 0.118. The molecule has 45 heavy (non-hydrogen) atoms. The Morgan fingerprint density at radius 2 is 1.24 bits per heavy atom. The summed E-state index contributed by atoms with van der Waals surface area (Å²) in [5.41, 5.74) is 2.23. The van der Waals surface area contributed by atoms with Crippen LogP contribution in [0.1, 0.15) is 16.7 Å². The highest BCUT2D eigenvalue weighted by molar-refractivity contribution is 8.55. The van der Waals surface area contributed by atoms with Gasteiger partial charge in [-0.15, -0.1) is 0 Å². The van der Waals surface area contributed by atoms with Crippen molar-refractivity contribution in [2.45, 2.75) is 18.1 Å². The lowest BCUT2D eigenvalue weighted by Crippen LogP contribution is -2.09. The summed E-state index contributed by atoms with van der Waals surface area (Å²) in [6, 6.07) is 26.4. The van der Waals surface area contributed by atoms with Gasteiger partial charge in [0.2, 0.25) is 0 Å².